The van der Waals surface area contributed by atoms with Gasteiger partial charge in [-0.2, -0.15) is 19.7 Å². The van der Waals surface area contributed by atoms with E-state index in [0.29, 0.717) is 15.8 Å². The number of amides is 2. The number of benzene rings is 2. The van der Waals surface area contributed by atoms with Crippen LogP contribution in [0.1, 0.15) is 31.2 Å². The summed E-state index contributed by atoms with van der Waals surface area (Å²) in [5.74, 6) is -2.45. The van der Waals surface area contributed by atoms with Crippen molar-refractivity contribution < 1.29 is 31.2 Å². The molecule has 0 aliphatic carbocycles. The lowest BCUT2D eigenvalue weighted by molar-refractivity contribution is -0.137. The number of carbonyl (C=O) groups is 2. The molecule has 36 heavy (non-hydrogen) atoms. The molecule has 0 spiro atoms. The van der Waals surface area contributed by atoms with E-state index in [-0.39, 0.29) is 21.0 Å². The third-order valence-electron chi connectivity index (χ3n) is 4.96. The Morgan fingerprint density at radius 3 is 2.22 bits per heavy atom. The molecule has 3 aromatic rings. The van der Waals surface area contributed by atoms with Crippen molar-refractivity contribution >= 4 is 50.5 Å². The summed E-state index contributed by atoms with van der Waals surface area (Å²) in [5, 5.41) is 5.64. The number of rotatable bonds is 4. The van der Waals surface area contributed by atoms with Crippen LogP contribution in [0, 0.1) is 13.5 Å². The van der Waals surface area contributed by atoms with Crippen LogP contribution in [0.3, 0.4) is 0 Å². The molecule has 1 aliphatic heterocycles. The first-order valence-corrected chi connectivity index (χ1v) is 12.2. The zero-order chi connectivity index (χ0) is 26.3. The van der Waals surface area contributed by atoms with Crippen LogP contribution < -0.4 is 14.9 Å². The van der Waals surface area contributed by atoms with Gasteiger partial charge in [-0.15, -0.1) is 16.3 Å². The average Bonchev–Trinajstić information content (AvgIpc) is 3.36. The number of imide groups is 1. The molecule has 0 saturated carbocycles. The van der Waals surface area contributed by atoms with E-state index in [0.717, 1.165) is 23.5 Å². The molecule has 1 aromatic heterocycles. The Labute approximate surface area is 206 Å². The van der Waals surface area contributed by atoms with Crippen LogP contribution in [0.2, 0.25) is 0 Å². The van der Waals surface area contributed by atoms with Gasteiger partial charge in [-0.05, 0) is 49.4 Å². The Kier molecular flexibility index (Phi) is 6.29. The van der Waals surface area contributed by atoms with E-state index in [2.05, 4.69) is 15.4 Å². The second-order valence-corrected chi connectivity index (χ2v) is 10.6. The van der Waals surface area contributed by atoms with Crippen molar-refractivity contribution in [3.05, 3.63) is 87.7 Å². The number of halogens is 3. The molecular weight excluding hydrogens is 519 g/mol. The van der Waals surface area contributed by atoms with Crippen LogP contribution in [0.5, 0.6) is 0 Å². The first-order chi connectivity index (χ1) is 16.9. The van der Waals surface area contributed by atoms with Gasteiger partial charge in [-0.1, -0.05) is 12.1 Å². The molecule has 4 rings (SSSR count). The summed E-state index contributed by atoms with van der Waals surface area (Å²) in [6, 6.07) is 11.1. The van der Waals surface area contributed by atoms with Crippen molar-refractivity contribution in [1.82, 2.24) is 4.72 Å². The lowest BCUT2D eigenvalue weighted by atomic mass is 10.1. The summed E-state index contributed by atoms with van der Waals surface area (Å²) in [7, 11) is -4.17. The van der Waals surface area contributed by atoms with Crippen LogP contribution in [0.4, 0.5) is 24.5 Å². The number of anilines is 2. The number of fused-ring (bicyclic) bond motifs is 1. The van der Waals surface area contributed by atoms with Crippen molar-refractivity contribution in [2.75, 3.05) is 10.2 Å². The third-order valence-corrected chi connectivity index (χ3v) is 7.79. The molecular formula is C22H14F3N5O4S2. The predicted molar refractivity (Wildman–Crippen MR) is 126 cm³/mol. The van der Waals surface area contributed by atoms with Gasteiger partial charge in [0.25, 0.3) is 27.8 Å². The molecule has 0 atom stereocenters. The number of thiophene rings is 1. The van der Waals surface area contributed by atoms with Crippen molar-refractivity contribution in [2.45, 2.75) is 17.3 Å². The van der Waals surface area contributed by atoms with Gasteiger partial charge in [0.1, 0.15) is 9.31 Å². The van der Waals surface area contributed by atoms with Gasteiger partial charge in [0.05, 0.1) is 22.4 Å². The van der Waals surface area contributed by atoms with Gasteiger partial charge in [-0.3, -0.25) is 9.59 Å². The molecule has 0 unspecified atom stereocenters. The maximum absolute atomic E-state index is 14.0. The Bertz CT molecular complexity index is 1540. The molecule has 9 nitrogen and oxygen atoms in total. The number of hydrogen-bond acceptors (Lipinski definition) is 6. The smallest absolute Gasteiger partial charge is 0.320 e. The Morgan fingerprint density at radius 2 is 1.69 bits per heavy atom. The van der Waals surface area contributed by atoms with E-state index >= 15 is 0 Å². The second kappa shape index (κ2) is 9.10. The third kappa shape index (κ3) is 4.66. The highest BCUT2D eigenvalue weighted by molar-refractivity contribution is 7.92. The maximum Gasteiger partial charge on any atom is 0.418 e. The zero-order valence-corrected chi connectivity index (χ0v) is 19.8. The molecule has 184 valence electrons. The number of hydrogen-bond donors (Lipinski definition) is 2. The number of aryl methyl sites for hydroxylation is 1. The van der Waals surface area contributed by atoms with E-state index in [9.17, 15) is 31.2 Å². The number of sulfonamides is 1. The quantitative estimate of drug-likeness (QED) is 0.169. The summed E-state index contributed by atoms with van der Waals surface area (Å²) < 4.78 is 69.0. The largest absolute Gasteiger partial charge is 0.418 e. The lowest BCUT2D eigenvalue weighted by Gasteiger charge is -2.21. The van der Waals surface area contributed by atoms with Gasteiger partial charge in [0.2, 0.25) is 0 Å². The van der Waals surface area contributed by atoms with E-state index in [1.54, 1.807) is 13.0 Å². The van der Waals surface area contributed by atoms with Crippen LogP contribution in [-0.4, -0.2) is 26.2 Å². The van der Waals surface area contributed by atoms with E-state index in [4.69, 9.17) is 6.57 Å². The minimum absolute atomic E-state index is 0.0254. The highest BCUT2D eigenvalue weighted by Gasteiger charge is 2.42. The summed E-state index contributed by atoms with van der Waals surface area (Å²) >= 11 is 0.949. The Morgan fingerprint density at radius 1 is 1.06 bits per heavy atom. The molecule has 0 fully saturated rings. The summed E-state index contributed by atoms with van der Waals surface area (Å²) in [6.07, 6.45) is -4.99. The van der Waals surface area contributed by atoms with Crippen molar-refractivity contribution in [1.29, 1.82) is 0 Å². The molecule has 2 amide bonds. The molecule has 2 aromatic carbocycles. The molecule has 1 aliphatic rings. The van der Waals surface area contributed by atoms with E-state index in [1.165, 1.54) is 30.3 Å². The van der Waals surface area contributed by atoms with Gasteiger partial charge in [0, 0.05) is 10.6 Å². The SMILES string of the molecule is [C-]#[N+]/N=C(\Nc1ccc(N2C(=O)c3ccccc3C2=O)c(C(F)(F)F)c1)NS(=O)(=O)c1ccc(C)s1. The molecule has 0 saturated heterocycles. The van der Waals surface area contributed by atoms with Gasteiger partial charge >= 0.3 is 6.18 Å². The number of alkyl halides is 3. The number of carbonyl (C=O) groups excluding carboxylic acids is 2. The summed E-state index contributed by atoms with van der Waals surface area (Å²) in [4.78, 5) is 29.3. The van der Waals surface area contributed by atoms with Crippen LogP contribution in [-0.2, 0) is 16.2 Å². The molecule has 0 radical (unpaired) electrons. The predicted octanol–water partition coefficient (Wildman–Crippen LogP) is 4.46. The Balaban J connectivity index is 1.69. The minimum atomic E-state index is -4.99. The molecule has 2 heterocycles. The standard InChI is InChI=1S/C22H14F3N5O4S2/c1-12-7-10-18(35-12)36(33,34)29-21(28-26-2)27-13-8-9-17(16(11-13)22(23,24)25)30-19(31)14-5-3-4-6-15(14)20(30)32/h3-11H,1H3,(H2,27,28,29). The highest BCUT2D eigenvalue weighted by Crippen LogP contribution is 2.41. The van der Waals surface area contributed by atoms with Gasteiger partial charge < -0.3 is 5.32 Å². The monoisotopic (exact) mass is 533 g/mol. The van der Waals surface area contributed by atoms with Crippen molar-refractivity contribution in [3.8, 4) is 0 Å². The number of guanidine groups is 1. The lowest BCUT2D eigenvalue weighted by Crippen LogP contribution is -2.35. The second-order valence-electron chi connectivity index (χ2n) is 7.37. The van der Waals surface area contributed by atoms with Gasteiger partial charge in [0.15, 0.2) is 0 Å². The fraction of sp³-hybridized carbons (Fsp3) is 0.0909. The minimum Gasteiger partial charge on any atom is -0.320 e. The maximum atomic E-state index is 14.0. The molecule has 0 bridgehead atoms. The summed E-state index contributed by atoms with van der Waals surface area (Å²) in [5.41, 5.74) is -2.38. The normalized spacial score (nSPS) is 14.0. The van der Waals surface area contributed by atoms with E-state index < -0.39 is 45.2 Å². The first-order valence-electron chi connectivity index (χ1n) is 9.92. The zero-order valence-electron chi connectivity index (χ0n) is 18.1. The number of nitrogens with zero attached hydrogens (tertiary/aromatic N) is 3. The van der Waals surface area contributed by atoms with Crippen molar-refractivity contribution in [3.63, 3.8) is 0 Å². The summed E-state index contributed by atoms with van der Waals surface area (Å²) in [6.45, 7) is 8.60. The van der Waals surface area contributed by atoms with Crippen molar-refractivity contribution in [2.24, 2.45) is 5.10 Å². The Hall–Kier alpha value is -4.22. The molecule has 2 N–H and O–H groups in total. The van der Waals surface area contributed by atoms with Crippen LogP contribution >= 0.6 is 11.3 Å². The van der Waals surface area contributed by atoms with Crippen LogP contribution in [0.15, 0.2) is 63.9 Å². The topological polar surface area (TPSA) is 112 Å². The van der Waals surface area contributed by atoms with E-state index in [1.807, 2.05) is 4.72 Å². The highest BCUT2D eigenvalue weighted by atomic mass is 32.2. The fourth-order valence-corrected chi connectivity index (χ4v) is 5.68. The van der Waals surface area contributed by atoms with Crippen LogP contribution in [0.25, 0.3) is 4.95 Å². The average molecular weight is 534 g/mol. The van der Waals surface area contributed by atoms with Gasteiger partial charge in [-0.25, -0.2) is 18.0 Å². The molecule has 14 heteroatoms. The number of nitrogens with one attached hydrogen (secondary N) is 2. The first kappa shape index (κ1) is 24.9. The fourth-order valence-electron chi connectivity index (χ4n) is 3.44.